The predicted octanol–water partition coefficient (Wildman–Crippen LogP) is 3.03. The van der Waals surface area contributed by atoms with Crippen molar-refractivity contribution in [2.45, 2.75) is 19.4 Å². The average molecular weight is 364 g/mol. The monoisotopic (exact) mass is 364 g/mol. The van der Waals surface area contributed by atoms with Crippen molar-refractivity contribution in [3.63, 3.8) is 0 Å². The van der Waals surface area contributed by atoms with Crippen LogP contribution in [0.4, 0.5) is 0 Å². The standard InChI is InChI=1S/C21H24N4O2/c1-3-15-4-6-16(7-5-15)18-8-9-19(27-18)21(26)25-13-10-22-14-17(25)20-23-11-12-24(20)2/h4-9,11-12,17,22H,3,10,13-14H2,1-2H3. The topological polar surface area (TPSA) is 63.3 Å². The van der Waals surface area contributed by atoms with E-state index in [1.807, 2.05) is 40.9 Å². The molecule has 1 fully saturated rings. The zero-order valence-corrected chi connectivity index (χ0v) is 15.7. The molecule has 1 aromatic carbocycles. The van der Waals surface area contributed by atoms with Gasteiger partial charge in [0.05, 0.1) is 0 Å². The van der Waals surface area contributed by atoms with Gasteiger partial charge in [0.2, 0.25) is 0 Å². The van der Waals surface area contributed by atoms with Gasteiger partial charge in [0.25, 0.3) is 5.91 Å². The first-order valence-corrected chi connectivity index (χ1v) is 9.35. The average Bonchev–Trinajstić information content (AvgIpc) is 3.37. The Morgan fingerprint density at radius 2 is 2.07 bits per heavy atom. The molecule has 27 heavy (non-hydrogen) atoms. The number of hydrogen-bond donors (Lipinski definition) is 1. The zero-order chi connectivity index (χ0) is 18.8. The molecule has 6 heteroatoms. The van der Waals surface area contributed by atoms with Gasteiger partial charge in [0.1, 0.15) is 17.6 Å². The van der Waals surface area contributed by atoms with E-state index in [-0.39, 0.29) is 11.9 Å². The molecule has 1 aliphatic heterocycles. The van der Waals surface area contributed by atoms with E-state index in [0.29, 0.717) is 24.6 Å². The first-order valence-electron chi connectivity index (χ1n) is 9.35. The van der Waals surface area contributed by atoms with Crippen molar-refractivity contribution in [1.82, 2.24) is 19.8 Å². The van der Waals surface area contributed by atoms with Crippen molar-refractivity contribution in [2.24, 2.45) is 7.05 Å². The number of benzene rings is 1. The van der Waals surface area contributed by atoms with E-state index >= 15 is 0 Å². The molecule has 1 N–H and O–H groups in total. The van der Waals surface area contributed by atoms with Gasteiger partial charge in [-0.2, -0.15) is 0 Å². The molecule has 140 valence electrons. The van der Waals surface area contributed by atoms with Crippen molar-refractivity contribution >= 4 is 5.91 Å². The van der Waals surface area contributed by atoms with Crippen LogP contribution >= 0.6 is 0 Å². The number of furan rings is 1. The highest BCUT2D eigenvalue weighted by Crippen LogP contribution is 2.27. The molecule has 3 heterocycles. The molecule has 0 saturated carbocycles. The quantitative estimate of drug-likeness (QED) is 0.773. The van der Waals surface area contributed by atoms with E-state index in [2.05, 4.69) is 29.4 Å². The van der Waals surface area contributed by atoms with Gasteiger partial charge in [-0.05, 0) is 24.1 Å². The molecule has 4 rings (SSSR count). The zero-order valence-electron chi connectivity index (χ0n) is 15.7. The highest BCUT2D eigenvalue weighted by molar-refractivity contribution is 5.92. The van der Waals surface area contributed by atoms with Crippen LogP contribution in [0.3, 0.4) is 0 Å². The summed E-state index contributed by atoms with van der Waals surface area (Å²) in [4.78, 5) is 19.4. The Morgan fingerprint density at radius 3 is 2.78 bits per heavy atom. The summed E-state index contributed by atoms with van der Waals surface area (Å²) in [7, 11) is 1.95. The number of aromatic nitrogens is 2. The van der Waals surface area contributed by atoms with Crippen LogP contribution in [0.5, 0.6) is 0 Å². The molecule has 0 bridgehead atoms. The molecule has 2 aromatic heterocycles. The fourth-order valence-corrected chi connectivity index (χ4v) is 3.53. The molecule has 1 unspecified atom stereocenters. The summed E-state index contributed by atoms with van der Waals surface area (Å²) in [6.07, 6.45) is 4.66. The summed E-state index contributed by atoms with van der Waals surface area (Å²) in [5.74, 6) is 1.86. The van der Waals surface area contributed by atoms with Gasteiger partial charge in [0.15, 0.2) is 5.76 Å². The van der Waals surface area contributed by atoms with Gasteiger partial charge in [0, 0.05) is 44.6 Å². The van der Waals surface area contributed by atoms with E-state index in [1.165, 1.54) is 5.56 Å². The number of amides is 1. The van der Waals surface area contributed by atoms with Gasteiger partial charge >= 0.3 is 0 Å². The molecule has 6 nitrogen and oxygen atoms in total. The Kier molecular flexibility index (Phi) is 4.81. The number of aryl methyl sites for hydroxylation is 2. The second kappa shape index (κ2) is 7.40. The lowest BCUT2D eigenvalue weighted by Crippen LogP contribution is -2.49. The summed E-state index contributed by atoms with van der Waals surface area (Å²) in [6, 6.07) is 11.8. The van der Waals surface area contributed by atoms with E-state index in [1.54, 1.807) is 12.3 Å². The summed E-state index contributed by atoms with van der Waals surface area (Å²) in [5, 5.41) is 3.35. The third-order valence-electron chi connectivity index (χ3n) is 5.12. The van der Waals surface area contributed by atoms with Crippen LogP contribution in [0.2, 0.25) is 0 Å². The van der Waals surface area contributed by atoms with Gasteiger partial charge in [-0.15, -0.1) is 0 Å². The van der Waals surface area contributed by atoms with E-state index in [9.17, 15) is 4.79 Å². The molecule has 1 atom stereocenters. The van der Waals surface area contributed by atoms with Crippen LogP contribution in [0, 0.1) is 0 Å². The van der Waals surface area contributed by atoms with Crippen LogP contribution in [-0.2, 0) is 13.5 Å². The van der Waals surface area contributed by atoms with Crippen molar-refractivity contribution in [3.05, 3.63) is 65.9 Å². The maximum absolute atomic E-state index is 13.1. The minimum atomic E-state index is -0.108. The van der Waals surface area contributed by atoms with E-state index in [4.69, 9.17) is 4.42 Å². The molecule has 3 aromatic rings. The predicted molar refractivity (Wildman–Crippen MR) is 103 cm³/mol. The van der Waals surface area contributed by atoms with Gasteiger partial charge < -0.3 is 19.2 Å². The molecule has 1 aliphatic rings. The largest absolute Gasteiger partial charge is 0.451 e. The molecule has 0 aliphatic carbocycles. The second-order valence-corrected chi connectivity index (χ2v) is 6.83. The van der Waals surface area contributed by atoms with Gasteiger partial charge in [-0.1, -0.05) is 31.2 Å². The first kappa shape index (κ1) is 17.5. The Hall–Kier alpha value is -2.86. The van der Waals surface area contributed by atoms with E-state index in [0.717, 1.165) is 24.4 Å². The van der Waals surface area contributed by atoms with Crippen molar-refractivity contribution in [3.8, 4) is 11.3 Å². The minimum absolute atomic E-state index is 0.0964. The van der Waals surface area contributed by atoms with Crippen molar-refractivity contribution in [1.29, 1.82) is 0 Å². The van der Waals surface area contributed by atoms with Gasteiger partial charge in [-0.25, -0.2) is 4.98 Å². The third kappa shape index (κ3) is 3.40. The Morgan fingerprint density at radius 1 is 1.26 bits per heavy atom. The summed E-state index contributed by atoms with van der Waals surface area (Å²) >= 11 is 0. The molecule has 0 radical (unpaired) electrons. The lowest BCUT2D eigenvalue weighted by Gasteiger charge is -2.35. The molecular formula is C21H24N4O2. The van der Waals surface area contributed by atoms with Crippen molar-refractivity contribution in [2.75, 3.05) is 19.6 Å². The fourth-order valence-electron chi connectivity index (χ4n) is 3.53. The SMILES string of the molecule is CCc1ccc(-c2ccc(C(=O)N3CCNCC3c3nccn3C)o2)cc1. The van der Waals surface area contributed by atoms with Crippen LogP contribution in [0.25, 0.3) is 11.3 Å². The number of hydrogen-bond acceptors (Lipinski definition) is 4. The highest BCUT2D eigenvalue weighted by Gasteiger charge is 2.32. The molecule has 1 amide bonds. The lowest BCUT2D eigenvalue weighted by molar-refractivity contribution is 0.0589. The van der Waals surface area contributed by atoms with Crippen LogP contribution in [0.15, 0.2) is 53.2 Å². The van der Waals surface area contributed by atoms with Crippen LogP contribution in [-0.4, -0.2) is 40.0 Å². The lowest BCUT2D eigenvalue weighted by atomic mass is 10.1. The highest BCUT2D eigenvalue weighted by atomic mass is 16.4. The number of rotatable bonds is 4. The number of carbonyl (C=O) groups excluding carboxylic acids is 1. The Bertz CT molecular complexity index is 926. The molecule has 1 saturated heterocycles. The Balaban J connectivity index is 1.58. The van der Waals surface area contributed by atoms with E-state index < -0.39 is 0 Å². The normalized spacial score (nSPS) is 17.3. The number of imidazole rings is 1. The minimum Gasteiger partial charge on any atom is -0.451 e. The maximum atomic E-state index is 13.1. The molecule has 0 spiro atoms. The smallest absolute Gasteiger partial charge is 0.290 e. The summed E-state index contributed by atoms with van der Waals surface area (Å²) < 4.78 is 7.87. The van der Waals surface area contributed by atoms with Crippen LogP contribution in [0.1, 0.15) is 34.9 Å². The number of nitrogens with zero attached hydrogens (tertiary/aromatic N) is 3. The molecular weight excluding hydrogens is 340 g/mol. The first-order chi connectivity index (χ1) is 13.2. The summed E-state index contributed by atoms with van der Waals surface area (Å²) in [6.45, 7) is 4.20. The van der Waals surface area contributed by atoms with Gasteiger partial charge in [-0.3, -0.25) is 4.79 Å². The van der Waals surface area contributed by atoms with Crippen LogP contribution < -0.4 is 5.32 Å². The fraction of sp³-hybridized carbons (Fsp3) is 0.333. The Labute approximate surface area is 158 Å². The summed E-state index contributed by atoms with van der Waals surface area (Å²) in [5.41, 5.74) is 2.26. The maximum Gasteiger partial charge on any atom is 0.290 e. The third-order valence-corrected chi connectivity index (χ3v) is 5.12. The number of carbonyl (C=O) groups is 1. The number of piperazine rings is 1. The number of nitrogens with one attached hydrogen (secondary N) is 1. The second-order valence-electron chi connectivity index (χ2n) is 6.83. The van der Waals surface area contributed by atoms with Crippen molar-refractivity contribution < 1.29 is 9.21 Å².